The van der Waals surface area contributed by atoms with Crippen LogP contribution in [-0.4, -0.2) is 44.4 Å². The number of nitro benzene ring substituents is 1. The molecule has 0 unspecified atom stereocenters. The highest BCUT2D eigenvalue weighted by molar-refractivity contribution is 8.26. The van der Waals surface area contributed by atoms with Crippen LogP contribution in [0.25, 0.3) is 6.08 Å². The Kier molecular flexibility index (Phi) is 5.97. The summed E-state index contributed by atoms with van der Waals surface area (Å²) >= 11 is 6.41. The number of non-ortho nitro benzene ring substituents is 1. The topological polar surface area (TPSA) is 131 Å². The lowest BCUT2D eigenvalue weighted by Crippen LogP contribution is -2.31. The standard InChI is InChI=1S/C20H15N3O7S2/c24-14-9-12(23(27)28)2-3-13(14)21-18(25)5-6-22-19(26)17(32-20(22)31)8-11-1-4-15-16(7-11)30-10-29-15/h1-4,7-9,24H,5-6,10H2,(H,21,25). The van der Waals surface area contributed by atoms with Gasteiger partial charge in [0.25, 0.3) is 11.6 Å². The quantitative estimate of drug-likeness (QED) is 0.213. The normalized spacial score (nSPS) is 16.0. The zero-order valence-corrected chi connectivity index (χ0v) is 17.9. The molecule has 2 aromatic rings. The van der Waals surface area contributed by atoms with Crippen molar-refractivity contribution in [2.24, 2.45) is 0 Å². The van der Waals surface area contributed by atoms with Gasteiger partial charge in [-0.05, 0) is 29.8 Å². The molecular formula is C20H15N3O7S2. The van der Waals surface area contributed by atoms with E-state index in [-0.39, 0.29) is 37.0 Å². The maximum absolute atomic E-state index is 12.7. The lowest BCUT2D eigenvalue weighted by atomic mass is 10.2. The molecule has 164 valence electrons. The molecular weight excluding hydrogens is 458 g/mol. The molecule has 2 N–H and O–H groups in total. The number of amides is 2. The number of phenolic OH excluding ortho intramolecular Hbond substituents is 1. The number of hydrogen-bond acceptors (Lipinski definition) is 9. The zero-order valence-electron chi connectivity index (χ0n) is 16.3. The van der Waals surface area contributed by atoms with Gasteiger partial charge in [0.2, 0.25) is 12.7 Å². The number of fused-ring (bicyclic) bond motifs is 1. The molecule has 0 radical (unpaired) electrons. The zero-order chi connectivity index (χ0) is 22.8. The summed E-state index contributed by atoms with van der Waals surface area (Å²) in [4.78, 5) is 36.8. The molecule has 0 spiro atoms. The number of aromatic hydroxyl groups is 1. The molecule has 32 heavy (non-hydrogen) atoms. The highest BCUT2D eigenvalue weighted by Gasteiger charge is 2.32. The first kappa shape index (κ1) is 21.6. The fourth-order valence-corrected chi connectivity index (χ4v) is 4.32. The van der Waals surface area contributed by atoms with E-state index in [1.54, 1.807) is 24.3 Å². The van der Waals surface area contributed by atoms with Crippen LogP contribution in [0.4, 0.5) is 11.4 Å². The Morgan fingerprint density at radius 1 is 1.28 bits per heavy atom. The third kappa shape index (κ3) is 4.50. The Hall–Kier alpha value is -3.64. The van der Waals surface area contributed by atoms with E-state index in [0.717, 1.165) is 29.5 Å². The average molecular weight is 473 g/mol. The number of phenols is 1. The molecule has 2 heterocycles. The number of nitrogens with one attached hydrogen (secondary N) is 1. The van der Waals surface area contributed by atoms with Crippen molar-refractivity contribution in [3.8, 4) is 17.2 Å². The Morgan fingerprint density at radius 3 is 2.81 bits per heavy atom. The van der Waals surface area contributed by atoms with Gasteiger partial charge < -0.3 is 19.9 Å². The summed E-state index contributed by atoms with van der Waals surface area (Å²) in [5.41, 5.74) is 0.488. The van der Waals surface area contributed by atoms with Gasteiger partial charge in [-0.25, -0.2) is 0 Å². The molecule has 2 amide bonds. The molecule has 0 bridgehead atoms. The number of benzene rings is 2. The lowest BCUT2D eigenvalue weighted by Gasteiger charge is -2.14. The third-order valence-electron chi connectivity index (χ3n) is 4.60. The monoisotopic (exact) mass is 473 g/mol. The molecule has 10 nitrogen and oxygen atoms in total. The maximum atomic E-state index is 12.7. The number of thiocarbonyl (C=S) groups is 1. The van der Waals surface area contributed by atoms with Gasteiger partial charge in [-0.3, -0.25) is 24.6 Å². The predicted octanol–water partition coefficient (Wildman–Crippen LogP) is 3.26. The van der Waals surface area contributed by atoms with E-state index in [9.17, 15) is 24.8 Å². The van der Waals surface area contributed by atoms with Gasteiger partial charge in [0.15, 0.2) is 11.5 Å². The summed E-state index contributed by atoms with van der Waals surface area (Å²) in [5, 5.41) is 23.0. The average Bonchev–Trinajstić information content (AvgIpc) is 3.32. The minimum Gasteiger partial charge on any atom is -0.506 e. The smallest absolute Gasteiger partial charge is 0.273 e. The van der Waals surface area contributed by atoms with Crippen LogP contribution in [0, 0.1) is 10.1 Å². The van der Waals surface area contributed by atoms with Crippen molar-refractivity contribution in [3.05, 3.63) is 57.0 Å². The molecule has 0 saturated carbocycles. The molecule has 0 atom stereocenters. The van der Waals surface area contributed by atoms with Crippen LogP contribution in [0.2, 0.25) is 0 Å². The highest BCUT2D eigenvalue weighted by Crippen LogP contribution is 2.36. The van der Waals surface area contributed by atoms with Crippen molar-refractivity contribution in [1.82, 2.24) is 4.90 Å². The lowest BCUT2D eigenvalue weighted by molar-refractivity contribution is -0.384. The Balaban J connectivity index is 1.37. The van der Waals surface area contributed by atoms with Crippen molar-refractivity contribution in [3.63, 3.8) is 0 Å². The Bertz CT molecular complexity index is 1180. The number of carbonyl (C=O) groups excluding carboxylic acids is 2. The summed E-state index contributed by atoms with van der Waals surface area (Å²) in [5.74, 6) is 0.0107. The second kappa shape index (κ2) is 8.85. The van der Waals surface area contributed by atoms with Crippen molar-refractivity contribution in [2.45, 2.75) is 6.42 Å². The van der Waals surface area contributed by atoms with Crippen molar-refractivity contribution >= 4 is 57.6 Å². The Labute approximate surface area is 190 Å². The maximum Gasteiger partial charge on any atom is 0.273 e. The first-order chi connectivity index (χ1) is 15.3. The molecule has 1 fully saturated rings. The molecule has 0 aliphatic carbocycles. The summed E-state index contributed by atoms with van der Waals surface area (Å²) in [6.07, 6.45) is 1.61. The summed E-state index contributed by atoms with van der Waals surface area (Å²) in [7, 11) is 0. The first-order valence-corrected chi connectivity index (χ1v) is 10.5. The van der Waals surface area contributed by atoms with E-state index in [1.165, 1.54) is 11.0 Å². The second-order valence-corrected chi connectivity index (χ2v) is 8.38. The van der Waals surface area contributed by atoms with Crippen molar-refractivity contribution in [1.29, 1.82) is 0 Å². The number of rotatable bonds is 6. The fraction of sp³-hybridized carbons (Fsp3) is 0.150. The number of nitrogens with zero attached hydrogens (tertiary/aromatic N) is 2. The van der Waals surface area contributed by atoms with E-state index >= 15 is 0 Å². The van der Waals surface area contributed by atoms with Gasteiger partial charge in [-0.15, -0.1) is 0 Å². The van der Waals surface area contributed by atoms with Crippen LogP contribution in [0.3, 0.4) is 0 Å². The Morgan fingerprint density at radius 2 is 2.06 bits per heavy atom. The number of hydrogen-bond donors (Lipinski definition) is 2. The van der Waals surface area contributed by atoms with Gasteiger partial charge in [0, 0.05) is 19.0 Å². The largest absolute Gasteiger partial charge is 0.506 e. The fourth-order valence-electron chi connectivity index (χ4n) is 3.01. The van der Waals surface area contributed by atoms with E-state index in [4.69, 9.17) is 21.7 Å². The van der Waals surface area contributed by atoms with Gasteiger partial charge in [-0.2, -0.15) is 0 Å². The van der Waals surface area contributed by atoms with Crippen molar-refractivity contribution in [2.75, 3.05) is 18.7 Å². The van der Waals surface area contributed by atoms with E-state index in [2.05, 4.69) is 5.32 Å². The number of nitro groups is 1. The van der Waals surface area contributed by atoms with Crippen LogP contribution in [-0.2, 0) is 9.59 Å². The second-order valence-electron chi connectivity index (χ2n) is 6.70. The molecule has 12 heteroatoms. The van der Waals surface area contributed by atoms with Gasteiger partial charge in [0.05, 0.1) is 21.6 Å². The van der Waals surface area contributed by atoms with Crippen molar-refractivity contribution < 1.29 is 29.1 Å². The molecule has 1 saturated heterocycles. The summed E-state index contributed by atoms with van der Waals surface area (Å²) in [6.45, 7) is 0.198. The number of anilines is 1. The minimum absolute atomic E-state index is 0.0358. The van der Waals surface area contributed by atoms with Crippen LogP contribution in [0.15, 0.2) is 41.3 Å². The first-order valence-electron chi connectivity index (χ1n) is 9.24. The van der Waals surface area contributed by atoms with Crippen LogP contribution in [0.1, 0.15) is 12.0 Å². The number of carbonyl (C=O) groups is 2. The SMILES string of the molecule is O=C(CCN1C(=O)C(=Cc2ccc3c(c2)OCO3)SC1=S)Nc1ccc([N+](=O)[O-])cc1O. The molecule has 2 aliphatic rings. The van der Waals surface area contributed by atoms with Gasteiger partial charge >= 0.3 is 0 Å². The van der Waals surface area contributed by atoms with Crippen LogP contribution in [0.5, 0.6) is 17.2 Å². The van der Waals surface area contributed by atoms with Crippen LogP contribution >= 0.6 is 24.0 Å². The summed E-state index contributed by atoms with van der Waals surface area (Å²) in [6, 6.07) is 8.66. The number of thioether (sulfide) groups is 1. The molecule has 4 rings (SSSR count). The van der Waals surface area contributed by atoms with E-state index < -0.39 is 16.6 Å². The predicted molar refractivity (Wildman–Crippen MR) is 120 cm³/mol. The number of ether oxygens (including phenoxy) is 2. The van der Waals surface area contributed by atoms with Crippen LogP contribution < -0.4 is 14.8 Å². The van der Waals surface area contributed by atoms with Gasteiger partial charge in [0.1, 0.15) is 10.1 Å². The third-order valence-corrected chi connectivity index (χ3v) is 5.97. The molecule has 2 aliphatic heterocycles. The molecule has 2 aromatic carbocycles. The van der Waals surface area contributed by atoms with E-state index in [0.29, 0.717) is 20.7 Å². The highest BCUT2D eigenvalue weighted by atomic mass is 32.2. The molecule has 0 aromatic heterocycles. The van der Waals surface area contributed by atoms with E-state index in [1.807, 2.05) is 0 Å². The minimum atomic E-state index is -0.655. The van der Waals surface area contributed by atoms with Gasteiger partial charge in [-0.1, -0.05) is 30.0 Å². The summed E-state index contributed by atoms with van der Waals surface area (Å²) < 4.78 is 10.9.